The van der Waals surface area contributed by atoms with Crippen molar-refractivity contribution in [1.82, 2.24) is 9.88 Å². The maximum absolute atomic E-state index is 5.39. The second-order valence-corrected chi connectivity index (χ2v) is 9.45. The number of piperidine rings is 1. The van der Waals surface area contributed by atoms with Crippen molar-refractivity contribution in [2.45, 2.75) is 58.4 Å². The summed E-state index contributed by atoms with van der Waals surface area (Å²) >= 11 is 0. The molecule has 3 heterocycles. The number of hydrogen-bond acceptors (Lipinski definition) is 2. The van der Waals surface area contributed by atoms with Crippen LogP contribution in [0, 0.1) is 0 Å². The van der Waals surface area contributed by atoms with Gasteiger partial charge in [-0.25, -0.2) is 0 Å². The van der Waals surface area contributed by atoms with Crippen LogP contribution >= 0.6 is 0 Å². The fraction of sp³-hybridized carbons (Fsp3) is 0.481. The van der Waals surface area contributed by atoms with Gasteiger partial charge in [0.15, 0.2) is 0 Å². The van der Waals surface area contributed by atoms with E-state index in [9.17, 15) is 0 Å². The third-order valence-corrected chi connectivity index (χ3v) is 6.61. The predicted octanol–water partition coefficient (Wildman–Crippen LogP) is 6.41. The molecule has 2 aliphatic heterocycles. The van der Waals surface area contributed by atoms with Gasteiger partial charge in [0, 0.05) is 16.6 Å². The fourth-order valence-electron chi connectivity index (χ4n) is 4.99. The number of allylic oxidation sites excluding steroid dienone is 5. The van der Waals surface area contributed by atoms with Gasteiger partial charge in [0.2, 0.25) is 0 Å². The molecule has 0 saturated carbocycles. The van der Waals surface area contributed by atoms with Crippen LogP contribution in [-0.2, 0) is 4.74 Å². The van der Waals surface area contributed by atoms with Crippen LogP contribution in [-0.4, -0.2) is 42.2 Å². The van der Waals surface area contributed by atoms with Crippen LogP contribution in [0.4, 0.5) is 0 Å². The fourth-order valence-corrected chi connectivity index (χ4v) is 4.99. The number of benzene rings is 1. The molecule has 1 N–H and O–H groups in total. The molecule has 2 saturated heterocycles. The molecule has 3 heteroatoms. The first-order chi connectivity index (χ1) is 14.5. The molecule has 1 aromatic heterocycles. The van der Waals surface area contributed by atoms with Crippen molar-refractivity contribution in [2.75, 3.05) is 26.3 Å². The number of nitrogens with one attached hydrogen (secondary N) is 1. The average molecular weight is 405 g/mol. The highest BCUT2D eigenvalue weighted by atomic mass is 16.5. The van der Waals surface area contributed by atoms with E-state index in [0.29, 0.717) is 17.9 Å². The van der Waals surface area contributed by atoms with Crippen LogP contribution in [0.25, 0.3) is 16.5 Å². The summed E-state index contributed by atoms with van der Waals surface area (Å²) in [7, 11) is 0. The molecule has 0 bridgehead atoms. The first-order valence-electron chi connectivity index (χ1n) is 11.4. The molecule has 2 aliphatic rings. The molecule has 2 fully saturated rings. The normalized spacial score (nSPS) is 19.3. The molecule has 0 spiro atoms. The monoisotopic (exact) mass is 404 g/mol. The maximum Gasteiger partial charge on any atom is 0.0645 e. The summed E-state index contributed by atoms with van der Waals surface area (Å²) in [6, 6.07) is 7.77. The Labute approximate surface area is 181 Å². The molecule has 0 aliphatic carbocycles. The minimum atomic E-state index is 0.447. The molecule has 0 unspecified atom stereocenters. The third kappa shape index (κ3) is 4.19. The van der Waals surface area contributed by atoms with Gasteiger partial charge in [0.05, 0.1) is 19.3 Å². The zero-order valence-corrected chi connectivity index (χ0v) is 19.0. The average Bonchev–Trinajstić information content (AvgIpc) is 3.05. The molecule has 0 radical (unpaired) electrons. The van der Waals surface area contributed by atoms with Gasteiger partial charge in [-0.3, -0.25) is 4.90 Å². The van der Waals surface area contributed by atoms with Gasteiger partial charge in [0.1, 0.15) is 0 Å². The minimum absolute atomic E-state index is 0.447. The van der Waals surface area contributed by atoms with Crippen LogP contribution in [0.5, 0.6) is 0 Å². The van der Waals surface area contributed by atoms with E-state index in [4.69, 9.17) is 4.74 Å². The van der Waals surface area contributed by atoms with Gasteiger partial charge in [-0.05, 0) is 80.4 Å². The van der Waals surface area contributed by atoms with Gasteiger partial charge in [-0.15, -0.1) is 0 Å². The van der Waals surface area contributed by atoms with Gasteiger partial charge in [-0.2, -0.15) is 0 Å². The number of aromatic nitrogens is 1. The number of H-pyrrole nitrogens is 1. The molecular weight excluding hydrogens is 368 g/mol. The van der Waals surface area contributed by atoms with Crippen LogP contribution < -0.4 is 0 Å². The van der Waals surface area contributed by atoms with Crippen molar-refractivity contribution in [1.29, 1.82) is 0 Å². The number of hydrogen-bond donors (Lipinski definition) is 1. The molecule has 30 heavy (non-hydrogen) atoms. The standard InChI is InChI=1S/C27H36N2O/c1-6-7-22(14-18(2)3)27-26(19(4)5)24-15-21(8-9-25(24)28-27)20-10-12-29(13-11-20)23-16-30-17-23/h6-9,14-15,19-20,23,28H,1,10-13,16-17H2,2-5H3/b22-7+. The minimum Gasteiger partial charge on any atom is -0.378 e. The molecular formula is C27H36N2O. The Morgan fingerprint density at radius 3 is 2.50 bits per heavy atom. The Hall–Kier alpha value is -2.10. The molecule has 4 rings (SSSR count). The van der Waals surface area contributed by atoms with E-state index in [1.807, 2.05) is 6.08 Å². The van der Waals surface area contributed by atoms with Crippen molar-refractivity contribution in [2.24, 2.45) is 0 Å². The van der Waals surface area contributed by atoms with Gasteiger partial charge in [-0.1, -0.05) is 50.3 Å². The number of aromatic amines is 1. The van der Waals surface area contributed by atoms with Gasteiger partial charge in [0.25, 0.3) is 0 Å². The van der Waals surface area contributed by atoms with Crippen LogP contribution in [0.3, 0.4) is 0 Å². The summed E-state index contributed by atoms with van der Waals surface area (Å²) < 4.78 is 5.39. The second-order valence-electron chi connectivity index (χ2n) is 9.45. The lowest BCUT2D eigenvalue weighted by Crippen LogP contribution is -2.51. The van der Waals surface area contributed by atoms with Crippen molar-refractivity contribution in [3.8, 4) is 0 Å². The number of ether oxygens (including phenoxy) is 1. The lowest BCUT2D eigenvalue weighted by atomic mass is 9.87. The predicted molar refractivity (Wildman–Crippen MR) is 128 cm³/mol. The summed E-state index contributed by atoms with van der Waals surface area (Å²) in [4.78, 5) is 6.34. The first kappa shape index (κ1) is 21.1. The summed E-state index contributed by atoms with van der Waals surface area (Å²) in [5.41, 5.74) is 7.89. The van der Waals surface area contributed by atoms with Crippen LogP contribution in [0.1, 0.15) is 69.2 Å². The van der Waals surface area contributed by atoms with Crippen molar-refractivity contribution in [3.05, 3.63) is 65.4 Å². The molecule has 160 valence electrons. The maximum atomic E-state index is 5.39. The molecule has 0 amide bonds. The Morgan fingerprint density at radius 1 is 1.20 bits per heavy atom. The van der Waals surface area contributed by atoms with Crippen molar-refractivity contribution in [3.63, 3.8) is 0 Å². The zero-order chi connectivity index (χ0) is 21.3. The van der Waals surface area contributed by atoms with Crippen LogP contribution in [0.15, 0.2) is 48.6 Å². The van der Waals surface area contributed by atoms with E-state index >= 15 is 0 Å². The molecule has 3 nitrogen and oxygen atoms in total. The lowest BCUT2D eigenvalue weighted by molar-refractivity contribution is -0.0712. The Kier molecular flexibility index (Phi) is 6.31. The highest BCUT2D eigenvalue weighted by Crippen LogP contribution is 2.37. The molecule has 2 aromatic rings. The van der Waals surface area contributed by atoms with E-state index in [-0.39, 0.29) is 0 Å². The third-order valence-electron chi connectivity index (χ3n) is 6.61. The Bertz CT molecular complexity index is 962. The van der Waals surface area contributed by atoms with Crippen molar-refractivity contribution >= 4 is 16.5 Å². The molecule has 0 atom stereocenters. The van der Waals surface area contributed by atoms with Crippen LogP contribution in [0.2, 0.25) is 0 Å². The lowest BCUT2D eigenvalue weighted by Gasteiger charge is -2.41. The highest BCUT2D eigenvalue weighted by molar-refractivity contribution is 5.92. The molecule has 1 aromatic carbocycles. The topological polar surface area (TPSA) is 28.3 Å². The Balaban J connectivity index is 1.67. The van der Waals surface area contributed by atoms with E-state index in [0.717, 1.165) is 13.2 Å². The first-order valence-corrected chi connectivity index (χ1v) is 11.4. The van der Waals surface area contributed by atoms with E-state index in [1.165, 1.54) is 64.8 Å². The number of rotatable bonds is 6. The Morgan fingerprint density at radius 2 is 1.93 bits per heavy atom. The second kappa shape index (κ2) is 8.95. The van der Waals surface area contributed by atoms with E-state index in [1.54, 1.807) is 0 Å². The van der Waals surface area contributed by atoms with E-state index in [2.05, 4.69) is 74.5 Å². The summed E-state index contributed by atoms with van der Waals surface area (Å²) in [6.07, 6.45) is 8.74. The largest absolute Gasteiger partial charge is 0.378 e. The smallest absolute Gasteiger partial charge is 0.0645 e. The summed E-state index contributed by atoms with van der Waals surface area (Å²) in [6.45, 7) is 17.1. The van der Waals surface area contributed by atoms with Gasteiger partial charge < -0.3 is 9.72 Å². The zero-order valence-electron chi connectivity index (χ0n) is 19.0. The van der Waals surface area contributed by atoms with Crippen molar-refractivity contribution < 1.29 is 4.74 Å². The quantitative estimate of drug-likeness (QED) is 0.564. The summed E-state index contributed by atoms with van der Waals surface area (Å²) in [5, 5.41) is 1.38. The van der Waals surface area contributed by atoms with Gasteiger partial charge >= 0.3 is 0 Å². The number of likely N-dealkylation sites (tertiary alicyclic amines) is 1. The van der Waals surface area contributed by atoms with E-state index < -0.39 is 0 Å². The number of fused-ring (bicyclic) bond motifs is 1. The SMILES string of the molecule is C=C/C=C(\C=C(C)C)c1[nH]c2ccc(C3CCN(C4COC4)CC3)cc2c1C(C)C. The highest BCUT2D eigenvalue weighted by Gasteiger charge is 2.30. The summed E-state index contributed by atoms with van der Waals surface area (Å²) in [5.74, 6) is 1.11. The number of nitrogens with zero attached hydrogens (tertiary/aromatic N) is 1.